The molecule has 0 spiro atoms. The molecule has 0 radical (unpaired) electrons. The van der Waals surface area contributed by atoms with Gasteiger partial charge in [0, 0.05) is 24.6 Å². The molecule has 2 aromatic rings. The Kier molecular flexibility index (Phi) is 6.39. The number of benzene rings is 2. The second kappa shape index (κ2) is 8.95. The number of rotatable bonds is 9. The van der Waals surface area contributed by atoms with Gasteiger partial charge in [-0.1, -0.05) is 6.07 Å². The van der Waals surface area contributed by atoms with Crippen LogP contribution in [0.3, 0.4) is 0 Å². The zero-order valence-electron chi connectivity index (χ0n) is 16.5. The number of amides is 1. The van der Waals surface area contributed by atoms with Crippen LogP contribution in [0.1, 0.15) is 30.4 Å². The van der Waals surface area contributed by atoms with E-state index in [0.29, 0.717) is 19.4 Å². The van der Waals surface area contributed by atoms with Gasteiger partial charge in [-0.15, -0.1) is 0 Å². The van der Waals surface area contributed by atoms with Crippen LogP contribution in [0.25, 0.3) is 0 Å². The first-order valence-electron chi connectivity index (χ1n) is 9.38. The van der Waals surface area contributed by atoms with E-state index in [4.69, 9.17) is 14.2 Å². The van der Waals surface area contributed by atoms with E-state index in [2.05, 4.69) is 0 Å². The summed E-state index contributed by atoms with van der Waals surface area (Å²) in [4.78, 5) is 14.8. The molecule has 0 atom stereocenters. The Labute approximate surface area is 165 Å². The molecule has 3 rings (SSSR count). The van der Waals surface area contributed by atoms with E-state index in [-0.39, 0.29) is 17.7 Å². The monoisotopic (exact) mass is 387 g/mol. The number of nitrogens with zero attached hydrogens (tertiary/aromatic N) is 1. The van der Waals surface area contributed by atoms with Gasteiger partial charge in [-0.2, -0.15) is 0 Å². The molecule has 0 aliphatic heterocycles. The van der Waals surface area contributed by atoms with E-state index >= 15 is 0 Å². The Morgan fingerprint density at radius 1 is 1.04 bits per heavy atom. The molecule has 28 heavy (non-hydrogen) atoms. The summed E-state index contributed by atoms with van der Waals surface area (Å²) >= 11 is 0. The lowest BCUT2D eigenvalue weighted by Crippen LogP contribution is -2.32. The minimum absolute atomic E-state index is 0.0589. The fraction of sp³-hybridized carbons (Fsp3) is 0.409. The molecule has 0 N–H and O–H groups in total. The molecule has 0 saturated heterocycles. The molecule has 1 saturated carbocycles. The minimum Gasteiger partial charge on any atom is -0.497 e. The Morgan fingerprint density at radius 3 is 2.36 bits per heavy atom. The molecule has 1 aliphatic carbocycles. The molecule has 1 amide bonds. The van der Waals surface area contributed by atoms with E-state index in [1.54, 1.807) is 26.4 Å². The van der Waals surface area contributed by atoms with Crippen molar-refractivity contribution in [2.75, 3.05) is 21.3 Å². The van der Waals surface area contributed by atoms with Crippen LogP contribution in [0.4, 0.5) is 4.39 Å². The number of methoxy groups -OCH3 is 3. The second-order valence-corrected chi connectivity index (χ2v) is 6.90. The molecule has 0 bridgehead atoms. The molecule has 1 fully saturated rings. The Hall–Kier alpha value is -2.76. The maximum atomic E-state index is 13.9. The molecule has 2 aromatic carbocycles. The van der Waals surface area contributed by atoms with Crippen molar-refractivity contribution in [1.82, 2.24) is 4.90 Å². The predicted octanol–water partition coefficient (Wildman–Crippen LogP) is 3.98. The van der Waals surface area contributed by atoms with Crippen molar-refractivity contribution in [2.45, 2.75) is 38.3 Å². The van der Waals surface area contributed by atoms with E-state index in [0.717, 1.165) is 35.5 Å². The zero-order chi connectivity index (χ0) is 20.1. The zero-order valence-corrected chi connectivity index (χ0v) is 16.5. The number of hydrogen-bond donors (Lipinski definition) is 0. The van der Waals surface area contributed by atoms with Gasteiger partial charge in [-0.25, -0.2) is 4.39 Å². The molecule has 5 nitrogen and oxygen atoms in total. The normalized spacial score (nSPS) is 13.1. The molecular weight excluding hydrogens is 361 g/mol. The van der Waals surface area contributed by atoms with E-state index in [1.165, 1.54) is 13.2 Å². The maximum absolute atomic E-state index is 13.9. The molecule has 0 heterocycles. The average molecular weight is 387 g/mol. The summed E-state index contributed by atoms with van der Waals surface area (Å²) in [6.07, 6.45) is 2.83. The summed E-state index contributed by atoms with van der Waals surface area (Å²) in [5.74, 6) is 1.32. The number of hydrogen-bond acceptors (Lipinski definition) is 4. The third-order valence-corrected chi connectivity index (χ3v) is 4.98. The van der Waals surface area contributed by atoms with Crippen molar-refractivity contribution in [2.24, 2.45) is 0 Å². The summed E-state index contributed by atoms with van der Waals surface area (Å²) in [7, 11) is 4.66. The minimum atomic E-state index is -0.410. The van der Waals surface area contributed by atoms with Gasteiger partial charge in [0.2, 0.25) is 5.91 Å². The first-order valence-corrected chi connectivity index (χ1v) is 9.38. The number of carbonyl (C=O) groups excluding carboxylic acids is 1. The lowest BCUT2D eigenvalue weighted by atomic mass is 10.1. The Balaban J connectivity index is 1.69. The predicted molar refractivity (Wildman–Crippen MR) is 104 cm³/mol. The van der Waals surface area contributed by atoms with Crippen molar-refractivity contribution in [1.29, 1.82) is 0 Å². The summed E-state index contributed by atoms with van der Waals surface area (Å²) in [5, 5.41) is 0. The quantitative estimate of drug-likeness (QED) is 0.653. The SMILES string of the molecule is COc1ccc(OC)c(CN(C(=O)CCc2ccc(OC)c(F)c2)C2CC2)c1. The van der Waals surface area contributed by atoms with Crippen molar-refractivity contribution in [3.05, 3.63) is 53.3 Å². The van der Waals surface area contributed by atoms with Crippen molar-refractivity contribution >= 4 is 5.91 Å². The molecule has 0 unspecified atom stereocenters. The van der Waals surface area contributed by atoms with Gasteiger partial charge >= 0.3 is 0 Å². The molecule has 6 heteroatoms. The van der Waals surface area contributed by atoms with Crippen LogP contribution in [0, 0.1) is 5.82 Å². The standard InChI is InChI=1S/C22H26FNO4/c1-26-18-8-10-20(27-2)16(13-18)14-24(17-6-7-17)22(25)11-5-15-4-9-21(28-3)19(23)12-15/h4,8-10,12-13,17H,5-7,11,14H2,1-3H3. The van der Waals surface area contributed by atoms with Crippen LogP contribution < -0.4 is 14.2 Å². The number of aryl methyl sites for hydroxylation is 1. The highest BCUT2D eigenvalue weighted by atomic mass is 19.1. The van der Waals surface area contributed by atoms with Gasteiger partial charge in [0.05, 0.1) is 21.3 Å². The first-order chi connectivity index (χ1) is 13.5. The van der Waals surface area contributed by atoms with Crippen LogP contribution in [0.15, 0.2) is 36.4 Å². The van der Waals surface area contributed by atoms with Crippen LogP contribution >= 0.6 is 0 Å². The largest absolute Gasteiger partial charge is 0.497 e. The molecular formula is C22H26FNO4. The highest BCUT2D eigenvalue weighted by Gasteiger charge is 2.32. The second-order valence-electron chi connectivity index (χ2n) is 6.90. The van der Waals surface area contributed by atoms with Gasteiger partial charge < -0.3 is 19.1 Å². The Morgan fingerprint density at radius 2 is 1.75 bits per heavy atom. The van der Waals surface area contributed by atoms with E-state index in [9.17, 15) is 9.18 Å². The smallest absolute Gasteiger partial charge is 0.223 e. The third kappa shape index (κ3) is 4.74. The number of ether oxygens (including phenoxy) is 3. The fourth-order valence-electron chi connectivity index (χ4n) is 3.26. The third-order valence-electron chi connectivity index (χ3n) is 4.98. The summed E-state index contributed by atoms with van der Waals surface area (Å²) in [6, 6.07) is 10.7. The van der Waals surface area contributed by atoms with Crippen LogP contribution in [0.2, 0.25) is 0 Å². The molecule has 1 aliphatic rings. The topological polar surface area (TPSA) is 48.0 Å². The van der Waals surface area contributed by atoms with Gasteiger partial charge in [0.1, 0.15) is 11.5 Å². The summed E-state index contributed by atoms with van der Waals surface area (Å²) in [6.45, 7) is 0.473. The van der Waals surface area contributed by atoms with Gasteiger partial charge in [0.25, 0.3) is 0 Å². The highest BCUT2D eigenvalue weighted by Crippen LogP contribution is 2.32. The summed E-state index contributed by atoms with van der Waals surface area (Å²) in [5.41, 5.74) is 1.69. The van der Waals surface area contributed by atoms with Gasteiger partial charge in [-0.05, 0) is 55.2 Å². The Bertz CT molecular complexity index is 835. The van der Waals surface area contributed by atoms with E-state index in [1.807, 2.05) is 23.1 Å². The average Bonchev–Trinajstić information content (AvgIpc) is 3.55. The maximum Gasteiger partial charge on any atom is 0.223 e. The lowest BCUT2D eigenvalue weighted by molar-refractivity contribution is -0.132. The van der Waals surface area contributed by atoms with Crippen molar-refractivity contribution < 1.29 is 23.4 Å². The van der Waals surface area contributed by atoms with Crippen LogP contribution in [-0.2, 0) is 17.8 Å². The number of halogens is 1. The first kappa shape index (κ1) is 20.0. The highest BCUT2D eigenvalue weighted by molar-refractivity contribution is 5.77. The van der Waals surface area contributed by atoms with Crippen LogP contribution in [0.5, 0.6) is 17.2 Å². The van der Waals surface area contributed by atoms with E-state index < -0.39 is 5.82 Å². The van der Waals surface area contributed by atoms with Crippen molar-refractivity contribution in [3.63, 3.8) is 0 Å². The van der Waals surface area contributed by atoms with Crippen LogP contribution in [-0.4, -0.2) is 38.2 Å². The molecule has 150 valence electrons. The van der Waals surface area contributed by atoms with Crippen molar-refractivity contribution in [3.8, 4) is 17.2 Å². The molecule has 0 aromatic heterocycles. The van der Waals surface area contributed by atoms with Gasteiger partial charge in [0.15, 0.2) is 11.6 Å². The number of carbonyl (C=O) groups is 1. The fourth-order valence-corrected chi connectivity index (χ4v) is 3.26. The summed E-state index contributed by atoms with van der Waals surface area (Å²) < 4.78 is 29.6. The van der Waals surface area contributed by atoms with Gasteiger partial charge in [-0.3, -0.25) is 4.79 Å². The lowest BCUT2D eigenvalue weighted by Gasteiger charge is -2.24.